The van der Waals surface area contributed by atoms with Crippen LogP contribution in [0.3, 0.4) is 0 Å². The summed E-state index contributed by atoms with van der Waals surface area (Å²) in [5.74, 6) is -2.94. The van der Waals surface area contributed by atoms with Gasteiger partial charge >= 0.3 is 12.1 Å². The third kappa shape index (κ3) is 3.63. The molecule has 1 amide bonds. The molecule has 3 rings (SSSR count). The minimum absolute atomic E-state index is 0.0491. The van der Waals surface area contributed by atoms with Crippen LogP contribution in [0.2, 0.25) is 0 Å². The van der Waals surface area contributed by atoms with Crippen LogP contribution in [-0.2, 0) is 23.7 Å². The third-order valence-electron chi connectivity index (χ3n) is 4.63. The van der Waals surface area contributed by atoms with Gasteiger partial charge in [-0.3, -0.25) is 4.79 Å². The molecule has 2 N–H and O–H groups in total. The molecule has 144 valence electrons. The van der Waals surface area contributed by atoms with Crippen molar-refractivity contribution in [3.05, 3.63) is 0 Å². The van der Waals surface area contributed by atoms with E-state index in [2.05, 4.69) is 0 Å². The fraction of sp³-hybridized carbons (Fsp3) is 0.933. The highest BCUT2D eigenvalue weighted by atomic mass is 19.4. The SMILES string of the molecule is CC1(C)O[C@@H]2[C@H](O1)[C@@H]1[C@@H](OCCCCN1C(=O)C(F)(F)F)O[C@@H]2CN. The second-order valence-corrected chi connectivity index (χ2v) is 6.91. The van der Waals surface area contributed by atoms with Crippen LogP contribution < -0.4 is 5.73 Å². The van der Waals surface area contributed by atoms with Gasteiger partial charge in [0.1, 0.15) is 24.4 Å². The van der Waals surface area contributed by atoms with Gasteiger partial charge in [-0.05, 0) is 26.7 Å². The maximum Gasteiger partial charge on any atom is 0.471 e. The monoisotopic (exact) mass is 368 g/mol. The summed E-state index contributed by atoms with van der Waals surface area (Å²) in [5, 5.41) is 0. The molecular formula is C15H23F3N2O5. The van der Waals surface area contributed by atoms with Gasteiger partial charge in [-0.2, -0.15) is 13.2 Å². The highest BCUT2D eigenvalue weighted by molar-refractivity contribution is 5.82. The van der Waals surface area contributed by atoms with E-state index in [-0.39, 0.29) is 13.1 Å². The van der Waals surface area contributed by atoms with E-state index >= 15 is 0 Å². The number of nitrogens with two attached hydrogens (primary N) is 1. The first kappa shape index (κ1) is 18.8. The predicted octanol–water partition coefficient (Wildman–Crippen LogP) is 0.760. The summed E-state index contributed by atoms with van der Waals surface area (Å²) in [5.41, 5.74) is 5.73. The second kappa shape index (κ2) is 6.66. The number of fused-ring (bicyclic) bond motifs is 3. The summed E-state index contributed by atoms with van der Waals surface area (Å²) in [6.45, 7) is 3.70. The van der Waals surface area contributed by atoms with Gasteiger partial charge in [-0.25, -0.2) is 0 Å². The Kier molecular flexibility index (Phi) is 5.02. The van der Waals surface area contributed by atoms with Gasteiger partial charge in [0.15, 0.2) is 12.1 Å². The van der Waals surface area contributed by atoms with Crippen LogP contribution in [0.4, 0.5) is 13.2 Å². The Morgan fingerprint density at radius 3 is 2.56 bits per heavy atom. The fourth-order valence-electron chi connectivity index (χ4n) is 3.64. The first-order chi connectivity index (χ1) is 11.6. The lowest BCUT2D eigenvalue weighted by Crippen LogP contribution is -2.67. The van der Waals surface area contributed by atoms with Crippen LogP contribution in [0.25, 0.3) is 0 Å². The second-order valence-electron chi connectivity index (χ2n) is 6.91. The highest BCUT2D eigenvalue weighted by Gasteiger charge is 2.59. The maximum atomic E-state index is 13.1. The Labute approximate surface area is 143 Å². The quantitative estimate of drug-likeness (QED) is 0.736. The highest BCUT2D eigenvalue weighted by Crippen LogP contribution is 2.40. The molecule has 0 bridgehead atoms. The molecule has 0 radical (unpaired) electrons. The lowest BCUT2D eigenvalue weighted by molar-refractivity contribution is -0.268. The van der Waals surface area contributed by atoms with Crippen LogP contribution in [0.15, 0.2) is 0 Å². The lowest BCUT2D eigenvalue weighted by Gasteiger charge is -2.47. The average Bonchev–Trinajstić information content (AvgIpc) is 2.80. The van der Waals surface area contributed by atoms with Crippen LogP contribution in [0, 0.1) is 0 Å². The topological polar surface area (TPSA) is 83.2 Å². The predicted molar refractivity (Wildman–Crippen MR) is 78.3 cm³/mol. The number of ether oxygens (including phenoxy) is 4. The molecule has 3 fully saturated rings. The van der Waals surface area contributed by atoms with Crippen LogP contribution >= 0.6 is 0 Å². The molecule has 5 atom stereocenters. The minimum Gasteiger partial charge on any atom is -0.350 e. The number of carbonyl (C=O) groups is 1. The number of carbonyl (C=O) groups excluding carboxylic acids is 1. The Hall–Kier alpha value is -0.940. The smallest absolute Gasteiger partial charge is 0.350 e. The van der Waals surface area contributed by atoms with Crippen molar-refractivity contribution in [1.29, 1.82) is 0 Å². The van der Waals surface area contributed by atoms with Crippen molar-refractivity contribution >= 4 is 5.91 Å². The number of nitrogens with zero attached hydrogens (tertiary/aromatic N) is 1. The molecule has 0 aromatic heterocycles. The molecular weight excluding hydrogens is 345 g/mol. The van der Waals surface area contributed by atoms with E-state index in [1.165, 1.54) is 0 Å². The summed E-state index contributed by atoms with van der Waals surface area (Å²) >= 11 is 0. The van der Waals surface area contributed by atoms with Gasteiger partial charge in [0.2, 0.25) is 0 Å². The summed E-state index contributed by atoms with van der Waals surface area (Å²) in [7, 11) is 0. The Morgan fingerprint density at radius 1 is 1.24 bits per heavy atom. The van der Waals surface area contributed by atoms with Crippen molar-refractivity contribution in [2.45, 2.75) is 69.3 Å². The molecule has 3 aliphatic heterocycles. The van der Waals surface area contributed by atoms with Gasteiger partial charge in [0, 0.05) is 19.7 Å². The van der Waals surface area contributed by atoms with E-state index in [9.17, 15) is 18.0 Å². The van der Waals surface area contributed by atoms with E-state index in [1.54, 1.807) is 13.8 Å². The van der Waals surface area contributed by atoms with E-state index < -0.39 is 48.5 Å². The van der Waals surface area contributed by atoms with E-state index in [0.717, 1.165) is 4.90 Å². The zero-order chi connectivity index (χ0) is 18.4. The van der Waals surface area contributed by atoms with Crippen LogP contribution in [-0.4, -0.2) is 73.1 Å². The summed E-state index contributed by atoms with van der Waals surface area (Å²) < 4.78 is 62.3. The Morgan fingerprint density at radius 2 is 1.92 bits per heavy atom. The maximum absolute atomic E-state index is 13.1. The molecule has 0 aromatic rings. The van der Waals surface area contributed by atoms with Crippen molar-refractivity contribution in [2.75, 3.05) is 19.7 Å². The average molecular weight is 368 g/mol. The van der Waals surface area contributed by atoms with Gasteiger partial charge in [0.05, 0.1) is 0 Å². The van der Waals surface area contributed by atoms with Crippen molar-refractivity contribution < 1.29 is 36.9 Å². The summed E-state index contributed by atoms with van der Waals surface area (Å²) in [4.78, 5) is 12.8. The van der Waals surface area contributed by atoms with E-state index in [1.807, 2.05) is 0 Å². The minimum atomic E-state index is -4.99. The standard InChI is InChI=1S/C15H23F3N2O5/c1-14(2)24-10-8(7-19)23-12-9(11(10)25-14)20(5-3-4-6-22-12)13(21)15(16,17)18/h8-12H,3-7,19H2,1-2H3/t8-,9-,10+,11-,12+/m1/s1. The summed E-state index contributed by atoms with van der Waals surface area (Å²) in [6.07, 6.45) is -7.18. The zero-order valence-corrected chi connectivity index (χ0v) is 14.1. The molecule has 3 aliphatic rings. The lowest BCUT2D eigenvalue weighted by atomic mass is 9.94. The molecule has 25 heavy (non-hydrogen) atoms. The number of halogens is 3. The van der Waals surface area contributed by atoms with Crippen molar-refractivity contribution in [1.82, 2.24) is 4.90 Å². The normalized spacial score (nSPS) is 38.5. The Balaban J connectivity index is 1.96. The molecule has 0 saturated carbocycles. The third-order valence-corrected chi connectivity index (χ3v) is 4.63. The molecule has 10 heteroatoms. The molecule has 3 heterocycles. The Bertz CT molecular complexity index is 516. The number of amides is 1. The molecule has 0 spiro atoms. The molecule has 7 nitrogen and oxygen atoms in total. The molecule has 0 unspecified atom stereocenters. The fourth-order valence-corrected chi connectivity index (χ4v) is 3.64. The van der Waals surface area contributed by atoms with Gasteiger partial charge in [-0.1, -0.05) is 0 Å². The van der Waals surface area contributed by atoms with Gasteiger partial charge in [-0.15, -0.1) is 0 Å². The van der Waals surface area contributed by atoms with Gasteiger partial charge < -0.3 is 29.6 Å². The number of alkyl halides is 3. The first-order valence-corrected chi connectivity index (χ1v) is 8.34. The first-order valence-electron chi connectivity index (χ1n) is 8.34. The zero-order valence-electron chi connectivity index (χ0n) is 14.1. The van der Waals surface area contributed by atoms with Crippen molar-refractivity contribution in [3.63, 3.8) is 0 Å². The molecule has 3 saturated heterocycles. The number of rotatable bonds is 1. The van der Waals surface area contributed by atoms with Gasteiger partial charge in [0.25, 0.3) is 0 Å². The van der Waals surface area contributed by atoms with E-state index in [0.29, 0.717) is 19.4 Å². The van der Waals surface area contributed by atoms with Crippen molar-refractivity contribution in [3.8, 4) is 0 Å². The molecule has 0 aromatic carbocycles. The van der Waals surface area contributed by atoms with Crippen LogP contribution in [0.1, 0.15) is 26.7 Å². The number of hydrogen-bond donors (Lipinski definition) is 1. The number of hydrogen-bond acceptors (Lipinski definition) is 6. The largest absolute Gasteiger partial charge is 0.471 e. The summed E-state index contributed by atoms with van der Waals surface area (Å²) in [6, 6.07) is -1.05. The molecule has 0 aliphatic carbocycles. The van der Waals surface area contributed by atoms with Crippen molar-refractivity contribution in [2.24, 2.45) is 5.73 Å². The van der Waals surface area contributed by atoms with Crippen LogP contribution in [0.5, 0.6) is 0 Å². The van der Waals surface area contributed by atoms with E-state index in [4.69, 9.17) is 24.7 Å².